The van der Waals surface area contributed by atoms with Gasteiger partial charge in [0.25, 0.3) is 5.91 Å². The van der Waals surface area contributed by atoms with Crippen molar-refractivity contribution in [2.75, 3.05) is 18.6 Å². The van der Waals surface area contributed by atoms with Crippen LogP contribution in [0.15, 0.2) is 28.8 Å². The number of likely N-dealkylation sites (N-methyl/N-ethyl adjacent to an activating group) is 1. The molecule has 94 valence electrons. The minimum Gasteiger partial charge on any atom is -0.482 e. The lowest BCUT2D eigenvalue weighted by atomic mass is 10.1. The summed E-state index contributed by atoms with van der Waals surface area (Å²) in [6, 6.07) is 8.78. The Hall–Kier alpha value is -2.81. The second-order valence-electron chi connectivity index (χ2n) is 4.11. The number of carbonyl (C=O) groups excluding carboxylic acids is 1. The number of amides is 1. The van der Waals surface area contributed by atoms with Crippen LogP contribution in [0, 0.1) is 11.3 Å². The number of benzene rings is 1. The lowest BCUT2D eigenvalue weighted by molar-refractivity contribution is -0.120. The third-order valence-electron chi connectivity index (χ3n) is 2.95. The van der Waals surface area contributed by atoms with Crippen molar-refractivity contribution >= 4 is 11.6 Å². The second-order valence-corrected chi connectivity index (χ2v) is 4.11. The van der Waals surface area contributed by atoms with Gasteiger partial charge < -0.3 is 14.2 Å². The summed E-state index contributed by atoms with van der Waals surface area (Å²) in [6.07, 6.45) is 0. The Morgan fingerprint density at radius 3 is 3.00 bits per heavy atom. The molecular formula is C13H9N3O3. The zero-order valence-electron chi connectivity index (χ0n) is 10.1. The van der Waals surface area contributed by atoms with E-state index in [-0.39, 0.29) is 18.2 Å². The highest BCUT2D eigenvalue weighted by Crippen LogP contribution is 2.35. The standard InChI is InChI=1S/C13H9N3O3/c1-16-10-4-8(12-5-9(6-14)15-19-12)2-3-11(10)18-7-13(16)17/h2-5H,7H2,1H3. The molecule has 19 heavy (non-hydrogen) atoms. The first kappa shape index (κ1) is 11.3. The van der Waals surface area contributed by atoms with E-state index in [1.807, 2.05) is 6.07 Å². The van der Waals surface area contributed by atoms with Crippen LogP contribution in [0.3, 0.4) is 0 Å². The highest BCUT2D eigenvalue weighted by molar-refractivity contribution is 5.98. The number of aromatic nitrogens is 1. The summed E-state index contributed by atoms with van der Waals surface area (Å²) in [6.45, 7) is 0.0454. The average Bonchev–Trinajstić information content (AvgIpc) is 2.92. The molecule has 0 atom stereocenters. The molecule has 0 bridgehead atoms. The van der Waals surface area contributed by atoms with Crippen LogP contribution >= 0.6 is 0 Å². The van der Waals surface area contributed by atoms with Crippen molar-refractivity contribution in [2.45, 2.75) is 0 Å². The predicted octanol–water partition coefficient (Wildman–Crippen LogP) is 1.57. The van der Waals surface area contributed by atoms with Crippen LogP contribution in [-0.4, -0.2) is 24.7 Å². The van der Waals surface area contributed by atoms with E-state index in [4.69, 9.17) is 14.5 Å². The smallest absolute Gasteiger partial charge is 0.264 e. The molecular weight excluding hydrogens is 246 g/mol. The molecule has 1 amide bonds. The lowest BCUT2D eigenvalue weighted by Gasteiger charge is -2.26. The van der Waals surface area contributed by atoms with Crippen LogP contribution in [0.2, 0.25) is 0 Å². The van der Waals surface area contributed by atoms with Crippen LogP contribution in [0.25, 0.3) is 11.3 Å². The molecule has 6 heteroatoms. The highest BCUT2D eigenvalue weighted by Gasteiger charge is 2.23. The number of hydrogen-bond acceptors (Lipinski definition) is 5. The number of hydrogen-bond donors (Lipinski definition) is 0. The summed E-state index contributed by atoms with van der Waals surface area (Å²) in [4.78, 5) is 13.1. The van der Waals surface area contributed by atoms with E-state index in [2.05, 4.69) is 5.16 Å². The van der Waals surface area contributed by atoms with Gasteiger partial charge in [0, 0.05) is 18.7 Å². The Kier molecular flexibility index (Phi) is 2.46. The van der Waals surface area contributed by atoms with E-state index in [9.17, 15) is 4.79 Å². The molecule has 0 saturated carbocycles. The first-order chi connectivity index (χ1) is 9.19. The molecule has 0 radical (unpaired) electrons. The average molecular weight is 255 g/mol. The molecule has 3 rings (SSSR count). The third kappa shape index (κ3) is 1.81. The van der Waals surface area contributed by atoms with Crippen LogP contribution in [0.4, 0.5) is 5.69 Å². The number of carbonyl (C=O) groups is 1. The molecule has 0 saturated heterocycles. The van der Waals surface area contributed by atoms with Gasteiger partial charge in [0.1, 0.15) is 11.8 Å². The van der Waals surface area contributed by atoms with E-state index >= 15 is 0 Å². The van der Waals surface area contributed by atoms with E-state index in [1.165, 1.54) is 4.90 Å². The van der Waals surface area contributed by atoms with Gasteiger partial charge in [0.2, 0.25) is 0 Å². The van der Waals surface area contributed by atoms with Crippen LogP contribution in [0.1, 0.15) is 5.69 Å². The fraction of sp³-hybridized carbons (Fsp3) is 0.154. The zero-order valence-corrected chi connectivity index (χ0v) is 10.1. The maximum atomic E-state index is 11.6. The Morgan fingerprint density at radius 1 is 1.42 bits per heavy atom. The topological polar surface area (TPSA) is 79.4 Å². The summed E-state index contributed by atoms with van der Waals surface area (Å²) >= 11 is 0. The predicted molar refractivity (Wildman–Crippen MR) is 65.6 cm³/mol. The summed E-state index contributed by atoms with van der Waals surface area (Å²) in [5, 5.41) is 12.3. The lowest BCUT2D eigenvalue weighted by Crippen LogP contribution is -2.35. The minimum absolute atomic E-state index is 0.0454. The molecule has 2 heterocycles. The number of ether oxygens (including phenoxy) is 1. The van der Waals surface area contributed by atoms with Gasteiger partial charge in [-0.15, -0.1) is 0 Å². The molecule has 0 fully saturated rings. The van der Waals surface area contributed by atoms with E-state index in [0.717, 1.165) is 5.56 Å². The first-order valence-corrected chi connectivity index (χ1v) is 5.59. The van der Waals surface area contributed by atoms with Gasteiger partial charge in [-0.1, -0.05) is 5.16 Å². The van der Waals surface area contributed by atoms with Gasteiger partial charge in [0.15, 0.2) is 18.1 Å². The Bertz CT molecular complexity index is 699. The molecule has 1 aliphatic heterocycles. The van der Waals surface area contributed by atoms with Crippen molar-refractivity contribution in [1.29, 1.82) is 5.26 Å². The van der Waals surface area contributed by atoms with Crippen molar-refractivity contribution in [2.24, 2.45) is 0 Å². The van der Waals surface area contributed by atoms with Crippen LogP contribution in [0.5, 0.6) is 5.75 Å². The number of nitrogens with zero attached hydrogens (tertiary/aromatic N) is 3. The second kappa shape index (κ2) is 4.14. The molecule has 6 nitrogen and oxygen atoms in total. The van der Waals surface area contributed by atoms with Crippen LogP contribution < -0.4 is 9.64 Å². The molecule has 0 aliphatic carbocycles. The number of fused-ring (bicyclic) bond motifs is 1. The van der Waals surface area contributed by atoms with Crippen molar-refractivity contribution in [3.8, 4) is 23.1 Å². The first-order valence-electron chi connectivity index (χ1n) is 5.59. The normalized spacial score (nSPS) is 13.7. The monoisotopic (exact) mass is 255 g/mol. The van der Waals surface area contributed by atoms with Gasteiger partial charge in [-0.05, 0) is 18.2 Å². The molecule has 0 unspecified atom stereocenters. The zero-order chi connectivity index (χ0) is 13.4. The fourth-order valence-corrected chi connectivity index (χ4v) is 1.89. The molecule has 0 spiro atoms. The van der Waals surface area contributed by atoms with Crippen LogP contribution in [-0.2, 0) is 4.79 Å². The molecule has 1 aromatic heterocycles. The number of rotatable bonds is 1. The van der Waals surface area contributed by atoms with Crippen molar-refractivity contribution < 1.29 is 14.1 Å². The number of anilines is 1. The van der Waals surface area contributed by atoms with Crippen molar-refractivity contribution in [1.82, 2.24) is 5.16 Å². The van der Waals surface area contributed by atoms with Gasteiger partial charge in [-0.25, -0.2) is 0 Å². The molecule has 0 N–H and O–H groups in total. The number of nitriles is 1. The van der Waals surface area contributed by atoms with E-state index in [1.54, 1.807) is 31.3 Å². The maximum absolute atomic E-state index is 11.6. The SMILES string of the molecule is CN1C(=O)COc2ccc(-c3cc(C#N)no3)cc21. The summed E-state index contributed by atoms with van der Waals surface area (Å²) in [7, 11) is 1.69. The maximum Gasteiger partial charge on any atom is 0.264 e. The molecule has 1 aromatic carbocycles. The molecule has 2 aromatic rings. The fourth-order valence-electron chi connectivity index (χ4n) is 1.89. The largest absolute Gasteiger partial charge is 0.482 e. The summed E-state index contributed by atoms with van der Waals surface area (Å²) in [5.74, 6) is 1.01. The minimum atomic E-state index is -0.111. The summed E-state index contributed by atoms with van der Waals surface area (Å²) < 4.78 is 10.4. The highest BCUT2D eigenvalue weighted by atomic mass is 16.5. The summed E-state index contributed by atoms with van der Waals surface area (Å²) in [5.41, 5.74) is 1.62. The Morgan fingerprint density at radius 2 is 2.26 bits per heavy atom. The van der Waals surface area contributed by atoms with Crippen molar-refractivity contribution in [3.63, 3.8) is 0 Å². The van der Waals surface area contributed by atoms with Gasteiger partial charge in [-0.2, -0.15) is 5.26 Å². The molecule has 1 aliphatic rings. The Balaban J connectivity index is 2.06. The quantitative estimate of drug-likeness (QED) is 0.772. The van der Waals surface area contributed by atoms with Gasteiger partial charge in [0.05, 0.1) is 5.69 Å². The van der Waals surface area contributed by atoms with E-state index < -0.39 is 0 Å². The third-order valence-corrected chi connectivity index (χ3v) is 2.95. The van der Waals surface area contributed by atoms with E-state index in [0.29, 0.717) is 17.2 Å². The van der Waals surface area contributed by atoms with Gasteiger partial charge >= 0.3 is 0 Å². The van der Waals surface area contributed by atoms with Gasteiger partial charge in [-0.3, -0.25) is 4.79 Å². The Labute approximate surface area is 108 Å². The van der Waals surface area contributed by atoms with Crippen molar-refractivity contribution in [3.05, 3.63) is 30.0 Å².